The Morgan fingerprint density at radius 1 is 1.33 bits per heavy atom. The Hall–Kier alpha value is -1.40. The van der Waals surface area contributed by atoms with Crippen LogP contribution in [0.4, 0.5) is 0 Å². The van der Waals surface area contributed by atoms with E-state index in [1.807, 2.05) is 11.0 Å². The smallest absolute Gasteiger partial charge is 0.219 e. The van der Waals surface area contributed by atoms with Crippen molar-refractivity contribution < 1.29 is 9.32 Å². The first-order valence-corrected chi connectivity index (χ1v) is 7.75. The molecule has 3 heterocycles. The van der Waals surface area contributed by atoms with Crippen molar-refractivity contribution in [2.45, 2.75) is 26.4 Å². The quantitative estimate of drug-likeness (QED) is 0.819. The molecule has 1 aromatic rings. The molecule has 0 unspecified atom stereocenters. The van der Waals surface area contributed by atoms with E-state index in [0.717, 1.165) is 51.6 Å². The Labute approximate surface area is 125 Å². The van der Waals surface area contributed by atoms with Crippen LogP contribution in [0.5, 0.6) is 0 Å². The van der Waals surface area contributed by atoms with Crippen LogP contribution < -0.4 is 0 Å². The Balaban J connectivity index is 1.53. The van der Waals surface area contributed by atoms with Crippen molar-refractivity contribution in [3.05, 3.63) is 18.0 Å². The van der Waals surface area contributed by atoms with Gasteiger partial charge in [0.25, 0.3) is 0 Å². The lowest BCUT2D eigenvalue weighted by molar-refractivity contribution is -0.130. The molecule has 6 nitrogen and oxygen atoms in total. The largest absolute Gasteiger partial charge is 0.360 e. The minimum Gasteiger partial charge on any atom is -0.360 e. The highest BCUT2D eigenvalue weighted by Crippen LogP contribution is 2.24. The highest BCUT2D eigenvalue weighted by Gasteiger charge is 2.35. The van der Waals surface area contributed by atoms with Gasteiger partial charge in [0.1, 0.15) is 0 Å². The van der Waals surface area contributed by atoms with Gasteiger partial charge in [0.15, 0.2) is 5.76 Å². The first-order valence-electron chi connectivity index (χ1n) is 7.75. The van der Waals surface area contributed by atoms with Crippen LogP contribution in [-0.4, -0.2) is 71.1 Å². The number of likely N-dealkylation sites (tertiary alicyclic amines) is 1. The van der Waals surface area contributed by atoms with Gasteiger partial charge < -0.3 is 9.42 Å². The molecular weight excluding hydrogens is 268 g/mol. The van der Waals surface area contributed by atoms with Gasteiger partial charge in [-0.3, -0.25) is 14.6 Å². The molecule has 0 radical (unpaired) electrons. The third-order valence-corrected chi connectivity index (χ3v) is 4.75. The molecule has 2 aliphatic heterocycles. The first kappa shape index (κ1) is 14.5. The Bertz CT molecular complexity index is 468. The van der Waals surface area contributed by atoms with Crippen molar-refractivity contribution in [1.29, 1.82) is 0 Å². The fraction of sp³-hybridized carbons (Fsp3) is 0.733. The number of carbonyl (C=O) groups is 1. The minimum absolute atomic E-state index is 0.195. The van der Waals surface area contributed by atoms with Crippen molar-refractivity contribution in [2.24, 2.45) is 5.92 Å². The van der Waals surface area contributed by atoms with Gasteiger partial charge in [-0.1, -0.05) is 12.1 Å². The van der Waals surface area contributed by atoms with Gasteiger partial charge in [-0.05, 0) is 5.92 Å². The van der Waals surface area contributed by atoms with E-state index in [-0.39, 0.29) is 5.91 Å². The molecule has 2 saturated heterocycles. The van der Waals surface area contributed by atoms with Crippen LogP contribution in [0.15, 0.2) is 16.8 Å². The van der Waals surface area contributed by atoms with E-state index in [1.54, 1.807) is 13.1 Å². The molecule has 2 fully saturated rings. The molecule has 21 heavy (non-hydrogen) atoms. The second-order valence-corrected chi connectivity index (χ2v) is 6.26. The van der Waals surface area contributed by atoms with E-state index in [9.17, 15) is 4.79 Å². The molecule has 6 heteroatoms. The molecule has 1 aromatic heterocycles. The SMILES string of the molecule is CC(=O)N1CCN([C@H]2CN(Cc3ccno3)C[C@H]2C)CC1. The van der Waals surface area contributed by atoms with Crippen molar-refractivity contribution >= 4 is 5.91 Å². The van der Waals surface area contributed by atoms with Crippen LogP contribution >= 0.6 is 0 Å². The third kappa shape index (κ3) is 3.27. The number of carbonyl (C=O) groups excluding carboxylic acids is 1. The van der Waals surface area contributed by atoms with Crippen molar-refractivity contribution in [2.75, 3.05) is 39.3 Å². The van der Waals surface area contributed by atoms with E-state index in [2.05, 4.69) is 21.9 Å². The lowest BCUT2D eigenvalue weighted by Gasteiger charge is -2.39. The van der Waals surface area contributed by atoms with Crippen LogP contribution in [0.3, 0.4) is 0 Å². The molecule has 116 valence electrons. The number of amides is 1. The molecule has 0 saturated carbocycles. The average molecular weight is 292 g/mol. The molecule has 0 spiro atoms. The van der Waals surface area contributed by atoms with Gasteiger partial charge >= 0.3 is 0 Å². The molecule has 2 atom stereocenters. The zero-order chi connectivity index (χ0) is 14.8. The number of piperazine rings is 1. The zero-order valence-electron chi connectivity index (χ0n) is 12.9. The van der Waals surface area contributed by atoms with Crippen LogP contribution in [0.2, 0.25) is 0 Å². The molecular formula is C15H24N4O2. The lowest BCUT2D eigenvalue weighted by atomic mass is 10.0. The summed E-state index contributed by atoms with van der Waals surface area (Å²) in [6.07, 6.45) is 1.70. The summed E-state index contributed by atoms with van der Waals surface area (Å²) < 4.78 is 5.20. The van der Waals surface area contributed by atoms with Crippen LogP contribution in [0, 0.1) is 5.92 Å². The minimum atomic E-state index is 0.195. The van der Waals surface area contributed by atoms with Gasteiger partial charge in [0.05, 0.1) is 12.7 Å². The van der Waals surface area contributed by atoms with Crippen molar-refractivity contribution in [3.8, 4) is 0 Å². The second-order valence-electron chi connectivity index (χ2n) is 6.26. The number of aromatic nitrogens is 1. The molecule has 3 rings (SSSR count). The standard InChI is InChI=1S/C15H24N4O2/c1-12-9-17(10-14-3-4-16-21-14)11-15(12)19-7-5-18(6-8-19)13(2)20/h3-4,12,15H,5-11H2,1-2H3/t12-,15+/m1/s1. The molecule has 0 N–H and O–H groups in total. The zero-order valence-corrected chi connectivity index (χ0v) is 12.9. The molecule has 1 amide bonds. The number of hydrogen-bond donors (Lipinski definition) is 0. The number of rotatable bonds is 3. The van der Waals surface area contributed by atoms with Gasteiger partial charge in [-0.2, -0.15) is 0 Å². The molecule has 0 bridgehead atoms. The maximum Gasteiger partial charge on any atom is 0.219 e. The molecule has 0 aliphatic carbocycles. The summed E-state index contributed by atoms with van der Waals surface area (Å²) in [5.41, 5.74) is 0. The van der Waals surface area contributed by atoms with E-state index < -0.39 is 0 Å². The van der Waals surface area contributed by atoms with Gasteiger partial charge in [0.2, 0.25) is 5.91 Å². The van der Waals surface area contributed by atoms with Crippen molar-refractivity contribution in [3.63, 3.8) is 0 Å². The van der Waals surface area contributed by atoms with E-state index >= 15 is 0 Å². The Morgan fingerprint density at radius 3 is 2.71 bits per heavy atom. The summed E-state index contributed by atoms with van der Waals surface area (Å²) in [6.45, 7) is 10.7. The normalized spacial score (nSPS) is 28.2. The van der Waals surface area contributed by atoms with E-state index in [4.69, 9.17) is 4.52 Å². The lowest BCUT2D eigenvalue weighted by Crippen LogP contribution is -2.53. The fourth-order valence-electron chi connectivity index (χ4n) is 3.56. The van der Waals surface area contributed by atoms with E-state index in [0.29, 0.717) is 12.0 Å². The predicted octanol–water partition coefficient (Wildman–Crippen LogP) is 0.659. The van der Waals surface area contributed by atoms with Gasteiger partial charge in [-0.25, -0.2) is 0 Å². The monoisotopic (exact) mass is 292 g/mol. The van der Waals surface area contributed by atoms with Crippen molar-refractivity contribution in [1.82, 2.24) is 19.9 Å². The summed E-state index contributed by atoms with van der Waals surface area (Å²) in [5.74, 6) is 1.78. The van der Waals surface area contributed by atoms with Crippen LogP contribution in [0.25, 0.3) is 0 Å². The first-order chi connectivity index (χ1) is 10.1. The molecule has 0 aromatic carbocycles. The van der Waals surface area contributed by atoms with Crippen LogP contribution in [0.1, 0.15) is 19.6 Å². The average Bonchev–Trinajstić information content (AvgIpc) is 3.09. The Kier molecular flexibility index (Phi) is 4.26. The number of hydrogen-bond acceptors (Lipinski definition) is 5. The highest BCUT2D eigenvalue weighted by atomic mass is 16.5. The van der Waals surface area contributed by atoms with Crippen LogP contribution in [-0.2, 0) is 11.3 Å². The fourth-order valence-corrected chi connectivity index (χ4v) is 3.56. The number of nitrogens with zero attached hydrogens (tertiary/aromatic N) is 4. The third-order valence-electron chi connectivity index (χ3n) is 4.75. The maximum atomic E-state index is 11.4. The Morgan fingerprint density at radius 2 is 2.10 bits per heavy atom. The second kappa shape index (κ2) is 6.15. The summed E-state index contributed by atoms with van der Waals surface area (Å²) in [7, 11) is 0. The summed E-state index contributed by atoms with van der Waals surface area (Å²) in [5, 5.41) is 3.77. The predicted molar refractivity (Wildman–Crippen MR) is 78.6 cm³/mol. The van der Waals surface area contributed by atoms with Gasteiger partial charge in [-0.15, -0.1) is 0 Å². The van der Waals surface area contributed by atoms with Gasteiger partial charge in [0, 0.05) is 58.3 Å². The topological polar surface area (TPSA) is 52.8 Å². The molecule has 2 aliphatic rings. The highest BCUT2D eigenvalue weighted by molar-refractivity contribution is 5.73. The maximum absolute atomic E-state index is 11.4. The summed E-state index contributed by atoms with van der Waals surface area (Å²) in [6, 6.07) is 2.52. The summed E-state index contributed by atoms with van der Waals surface area (Å²) in [4.78, 5) is 18.3. The van der Waals surface area contributed by atoms with E-state index in [1.165, 1.54) is 0 Å². The summed E-state index contributed by atoms with van der Waals surface area (Å²) >= 11 is 0.